The van der Waals surface area contributed by atoms with E-state index in [2.05, 4.69) is 60.7 Å². The van der Waals surface area contributed by atoms with Crippen molar-refractivity contribution in [2.45, 2.75) is 19.3 Å². The topological polar surface area (TPSA) is 0 Å². The van der Waals surface area contributed by atoms with Crippen LogP contribution in [0.15, 0.2) is 60.7 Å². The van der Waals surface area contributed by atoms with E-state index in [9.17, 15) is 0 Å². The van der Waals surface area contributed by atoms with Crippen molar-refractivity contribution < 1.29 is 0 Å². The Labute approximate surface area is 106 Å². The van der Waals surface area contributed by atoms with Crippen molar-refractivity contribution in [1.82, 2.24) is 0 Å². The molecule has 0 heterocycles. The molecular weight excluding hydrogens is 220 g/mol. The number of benzene rings is 2. The molecule has 2 aromatic carbocycles. The Morgan fingerprint density at radius 1 is 0.824 bits per heavy atom. The maximum absolute atomic E-state index is 2.21. The van der Waals surface area contributed by atoms with Crippen molar-refractivity contribution in [3.8, 4) is 0 Å². The monoisotopic (exact) mass is 238 g/mol. The average molecular weight is 238 g/mol. The second-order valence-electron chi connectivity index (χ2n) is 4.31. The zero-order chi connectivity index (χ0) is 11.9. The molecule has 0 saturated carbocycles. The maximum Gasteiger partial charge on any atom is -0.0185 e. The van der Waals surface area contributed by atoms with Crippen LogP contribution in [0.3, 0.4) is 0 Å². The second kappa shape index (κ2) is 6.31. The van der Waals surface area contributed by atoms with E-state index in [1.807, 2.05) is 9.85 Å². The molecule has 0 saturated heterocycles. The molecule has 0 nitrogen and oxygen atoms in total. The molecule has 0 aliphatic carbocycles. The normalized spacial score (nSPS) is 10.1. The predicted octanol–water partition coefficient (Wildman–Crippen LogP) is 2.86. The van der Waals surface area contributed by atoms with Crippen LogP contribution in [0.25, 0.3) is 0 Å². The summed E-state index contributed by atoms with van der Waals surface area (Å²) in [5, 5.41) is 1.52. The zero-order valence-corrected chi connectivity index (χ0v) is 11.5. The largest absolute Gasteiger partial charge is 0.0677 e. The van der Waals surface area contributed by atoms with Gasteiger partial charge in [-0.2, -0.15) is 0 Å². The minimum Gasteiger partial charge on any atom is -0.0677 e. The van der Waals surface area contributed by atoms with Crippen LogP contribution in [0.1, 0.15) is 24.0 Å². The van der Waals surface area contributed by atoms with Gasteiger partial charge in [0, 0.05) is 0 Å². The Balaban J connectivity index is 1.82. The van der Waals surface area contributed by atoms with Crippen LogP contribution in [0, 0.1) is 0 Å². The van der Waals surface area contributed by atoms with Crippen LogP contribution in [0.4, 0.5) is 0 Å². The number of hydrogen-bond acceptors (Lipinski definition) is 0. The minimum absolute atomic E-state index is 1.18. The lowest BCUT2D eigenvalue weighted by atomic mass is 10.0. The van der Waals surface area contributed by atoms with Gasteiger partial charge in [0.15, 0.2) is 0 Å². The molecule has 0 unspecified atom stereocenters. The van der Waals surface area contributed by atoms with Crippen molar-refractivity contribution in [2.24, 2.45) is 0 Å². The first kappa shape index (κ1) is 12.0. The zero-order valence-electron chi connectivity index (χ0n) is 10.1. The molecule has 86 valence electrons. The van der Waals surface area contributed by atoms with Crippen LogP contribution in [0.5, 0.6) is 0 Å². The molecule has 0 aromatic heterocycles. The molecule has 0 atom stereocenters. The standard InChI is InChI=1S/C16H18Si/c17-16(15-11-5-2-6-12-15)13-7-10-14-8-3-1-4-9-14/h1-6,8-9,11-12H,7,10,13,17H2. The molecular formula is C16H18Si. The van der Waals surface area contributed by atoms with Gasteiger partial charge in [0.2, 0.25) is 0 Å². The van der Waals surface area contributed by atoms with E-state index in [0.29, 0.717) is 0 Å². The molecule has 0 fully saturated rings. The van der Waals surface area contributed by atoms with Gasteiger partial charge < -0.3 is 0 Å². The number of aryl methyl sites for hydroxylation is 1. The van der Waals surface area contributed by atoms with Crippen LogP contribution in [0.2, 0.25) is 0 Å². The van der Waals surface area contributed by atoms with Crippen molar-refractivity contribution in [3.05, 3.63) is 71.8 Å². The molecule has 0 N–H and O–H groups in total. The van der Waals surface area contributed by atoms with Crippen LogP contribution in [-0.4, -0.2) is 15.0 Å². The average Bonchev–Trinajstić information content (AvgIpc) is 2.41. The van der Waals surface area contributed by atoms with Gasteiger partial charge in [-0.3, -0.25) is 0 Å². The van der Waals surface area contributed by atoms with E-state index in [1.165, 1.54) is 35.6 Å². The van der Waals surface area contributed by atoms with Crippen molar-refractivity contribution in [3.63, 3.8) is 0 Å². The highest BCUT2D eigenvalue weighted by atomic mass is 28.1. The summed E-state index contributed by atoms with van der Waals surface area (Å²) in [6.45, 7) is 0. The molecule has 2 rings (SSSR count). The highest BCUT2D eigenvalue weighted by Gasteiger charge is 1.98. The molecule has 0 bridgehead atoms. The highest BCUT2D eigenvalue weighted by molar-refractivity contribution is 6.43. The SMILES string of the molecule is [SiH2]=C(CCCc1ccccc1)c1ccccc1. The molecule has 0 aliphatic heterocycles. The molecule has 0 amide bonds. The number of rotatable bonds is 5. The van der Waals surface area contributed by atoms with Gasteiger partial charge in [0.05, 0.1) is 0 Å². The summed E-state index contributed by atoms with van der Waals surface area (Å²) in [6, 6.07) is 21.4. The van der Waals surface area contributed by atoms with E-state index in [-0.39, 0.29) is 0 Å². The Morgan fingerprint density at radius 2 is 1.41 bits per heavy atom. The third-order valence-corrected chi connectivity index (χ3v) is 3.73. The molecule has 1 heteroatoms. The summed E-state index contributed by atoms with van der Waals surface area (Å²) < 4.78 is 0. The Hall–Kier alpha value is -1.47. The lowest BCUT2D eigenvalue weighted by Gasteiger charge is -2.06. The van der Waals surface area contributed by atoms with Gasteiger partial charge in [0.25, 0.3) is 0 Å². The summed E-state index contributed by atoms with van der Waals surface area (Å²) in [7, 11) is 2.02. The first-order valence-electron chi connectivity index (χ1n) is 6.13. The van der Waals surface area contributed by atoms with Crippen LogP contribution >= 0.6 is 0 Å². The third-order valence-electron chi connectivity index (χ3n) is 2.97. The fourth-order valence-corrected chi connectivity index (χ4v) is 2.45. The lowest BCUT2D eigenvalue weighted by molar-refractivity contribution is 0.871. The lowest BCUT2D eigenvalue weighted by Crippen LogP contribution is -2.01. The van der Waals surface area contributed by atoms with Gasteiger partial charge in [0.1, 0.15) is 0 Å². The van der Waals surface area contributed by atoms with Crippen LogP contribution in [-0.2, 0) is 6.42 Å². The minimum atomic E-state index is 1.18. The van der Waals surface area contributed by atoms with E-state index in [0.717, 1.165) is 0 Å². The molecule has 2 aromatic rings. The molecule has 0 spiro atoms. The van der Waals surface area contributed by atoms with E-state index in [4.69, 9.17) is 0 Å². The Morgan fingerprint density at radius 3 is 2.06 bits per heavy atom. The van der Waals surface area contributed by atoms with E-state index < -0.39 is 0 Å². The van der Waals surface area contributed by atoms with Gasteiger partial charge >= 0.3 is 0 Å². The highest BCUT2D eigenvalue weighted by Crippen LogP contribution is 2.08. The second-order valence-corrected chi connectivity index (χ2v) is 5.16. The first-order chi connectivity index (χ1) is 8.36. The van der Waals surface area contributed by atoms with Crippen LogP contribution < -0.4 is 0 Å². The quantitative estimate of drug-likeness (QED) is 0.703. The smallest absolute Gasteiger partial charge is 0.0185 e. The molecule has 0 aliphatic rings. The third kappa shape index (κ3) is 3.79. The fourth-order valence-electron chi connectivity index (χ4n) is 1.97. The van der Waals surface area contributed by atoms with Gasteiger partial charge in [-0.15, -0.1) is 0 Å². The van der Waals surface area contributed by atoms with E-state index in [1.54, 1.807) is 0 Å². The Kier molecular flexibility index (Phi) is 4.45. The summed E-state index contributed by atoms with van der Waals surface area (Å²) in [6.07, 6.45) is 3.60. The number of hydrogen-bond donors (Lipinski definition) is 0. The Bertz CT molecular complexity index is 459. The summed E-state index contributed by atoms with van der Waals surface area (Å²) in [4.78, 5) is 0. The predicted molar refractivity (Wildman–Crippen MR) is 78.5 cm³/mol. The summed E-state index contributed by atoms with van der Waals surface area (Å²) in [5.41, 5.74) is 2.83. The first-order valence-corrected chi connectivity index (χ1v) is 6.84. The fraction of sp³-hybridized carbons (Fsp3) is 0.188. The summed E-state index contributed by atoms with van der Waals surface area (Å²) >= 11 is 0. The molecule has 0 radical (unpaired) electrons. The molecule has 17 heavy (non-hydrogen) atoms. The van der Waals surface area contributed by atoms with Crippen molar-refractivity contribution in [2.75, 3.05) is 0 Å². The van der Waals surface area contributed by atoms with Gasteiger partial charge in [-0.25, -0.2) is 0 Å². The summed E-state index contributed by atoms with van der Waals surface area (Å²) in [5.74, 6) is 0. The van der Waals surface area contributed by atoms with Gasteiger partial charge in [-0.05, 0) is 40.2 Å². The van der Waals surface area contributed by atoms with E-state index >= 15 is 0 Å². The van der Waals surface area contributed by atoms with Crippen molar-refractivity contribution >= 4 is 15.0 Å². The van der Waals surface area contributed by atoms with Gasteiger partial charge in [-0.1, -0.05) is 65.8 Å². The van der Waals surface area contributed by atoms with Crippen molar-refractivity contribution in [1.29, 1.82) is 0 Å². The maximum atomic E-state index is 2.21.